The largest absolute Gasteiger partial charge is 0.508 e. The fourth-order valence-corrected chi connectivity index (χ4v) is 10.3. The van der Waals surface area contributed by atoms with E-state index in [0.717, 1.165) is 27.2 Å². The van der Waals surface area contributed by atoms with Crippen molar-refractivity contribution in [1.82, 2.24) is 47.9 Å². The molecule has 1 aliphatic rings. The number of aryl methyl sites for hydroxylation is 1. The van der Waals surface area contributed by atoms with E-state index in [1.807, 2.05) is 0 Å². The van der Waals surface area contributed by atoms with Crippen LogP contribution in [0.1, 0.15) is 68.6 Å². The highest BCUT2D eigenvalue weighted by Gasteiger charge is 2.36. The molecule has 10 amide bonds. The van der Waals surface area contributed by atoms with Crippen LogP contribution in [-0.4, -0.2) is 149 Å². The zero-order chi connectivity index (χ0) is 56.4. The quantitative estimate of drug-likeness (QED) is 0.0467. The first kappa shape index (κ1) is 62.7. The summed E-state index contributed by atoms with van der Waals surface area (Å²) in [7, 11) is 3.76. The Kier molecular flexibility index (Phi) is 26.6. The molecular weight excluding hydrogens is 1060 g/mol. The Bertz CT molecular complexity index is 2460. The standard InChI is InChI=1S/C51H70ClN11O12S2/c1-29(64)43-50(74)62-41(49(73)60-38(44(53)68)25-31-11-18-34(65)19-12-31)28-77-76-27-40(57-42(67)22-15-30-9-16-33(52)17-10-30)48(72)61-39(26-32-13-20-35(66)21-14-32)47(71)59-37(8-6-24-56-51(54)75)45(69)58-36(46(70)63-43)7-4-3-5-23-55-2/h9-14,16-21,29,36-41,43,55,64-66H,3-8,15,22-28H2,1-2H3,(H2,53,68)(H,57,67)(H,58,69)(H,59,71)(H,60,73)(H,61,72)(H,62,74)(H,63,70)(H3,54,56,75)/t29-,36+,37-,38?,39+,40-,41+,43+/m1/s1. The van der Waals surface area contributed by atoms with Crippen LogP contribution in [0.3, 0.4) is 0 Å². The second-order valence-electron chi connectivity index (χ2n) is 18.4. The molecule has 1 saturated heterocycles. The maximum atomic E-state index is 14.5. The van der Waals surface area contributed by atoms with Crippen LogP contribution >= 0.6 is 33.2 Å². The monoisotopic (exact) mass is 1130 g/mol. The van der Waals surface area contributed by atoms with Crippen molar-refractivity contribution in [2.45, 2.75) is 120 Å². The normalized spacial score (nSPS) is 20.9. The van der Waals surface area contributed by atoms with Gasteiger partial charge >= 0.3 is 6.03 Å². The molecule has 0 aliphatic carbocycles. The van der Waals surface area contributed by atoms with Crippen LogP contribution in [0, 0.1) is 0 Å². The molecule has 3 aromatic carbocycles. The van der Waals surface area contributed by atoms with Crippen LogP contribution in [0.25, 0.3) is 0 Å². The Balaban J connectivity index is 1.78. The Morgan fingerprint density at radius 3 is 1.83 bits per heavy atom. The van der Waals surface area contributed by atoms with E-state index in [1.54, 1.807) is 31.3 Å². The Labute approximate surface area is 459 Å². The minimum atomic E-state index is -1.72. The van der Waals surface area contributed by atoms with Gasteiger partial charge in [0.25, 0.3) is 0 Å². The third kappa shape index (κ3) is 22.8. The molecule has 4 rings (SSSR count). The second-order valence-corrected chi connectivity index (χ2v) is 21.4. The zero-order valence-electron chi connectivity index (χ0n) is 42.8. The SMILES string of the molecule is CNCCCCC[C@@H]1NC(=O)[C@@H](CCCNC(N)=O)NC(=O)[C@H](Cc2ccc(O)cc2)NC(=O)[C@H](NC(=O)CCc2ccc(Cl)cc2)CSSC[C@@H](C(=O)NC(Cc2ccc(O)cc2)C(N)=O)NC(=O)[C@H]([C@@H](C)O)NC1=O. The van der Waals surface area contributed by atoms with E-state index in [1.165, 1.54) is 55.5 Å². The number of carbonyl (C=O) groups is 9. The molecule has 77 heavy (non-hydrogen) atoms. The van der Waals surface area contributed by atoms with Gasteiger partial charge in [0.1, 0.15) is 53.8 Å². The Hall–Kier alpha value is -6.80. The van der Waals surface area contributed by atoms with Crippen molar-refractivity contribution in [3.05, 3.63) is 94.5 Å². The maximum absolute atomic E-state index is 14.5. The van der Waals surface area contributed by atoms with Crippen molar-refractivity contribution in [2.75, 3.05) is 31.6 Å². The predicted molar refractivity (Wildman–Crippen MR) is 292 cm³/mol. The Morgan fingerprint density at radius 2 is 1.23 bits per heavy atom. The number of urea groups is 1. The van der Waals surface area contributed by atoms with Crippen LogP contribution in [0.2, 0.25) is 5.02 Å². The van der Waals surface area contributed by atoms with Crippen molar-refractivity contribution in [3.8, 4) is 11.5 Å². The topological polar surface area (TPSA) is 375 Å². The number of primary amides is 2. The van der Waals surface area contributed by atoms with E-state index in [0.29, 0.717) is 42.0 Å². The number of benzene rings is 3. The van der Waals surface area contributed by atoms with Crippen LogP contribution in [0.15, 0.2) is 72.8 Å². The van der Waals surface area contributed by atoms with Crippen molar-refractivity contribution < 1.29 is 58.5 Å². The molecule has 0 bridgehead atoms. The van der Waals surface area contributed by atoms with Gasteiger partial charge < -0.3 is 74.6 Å². The number of unbranched alkanes of at least 4 members (excludes halogenated alkanes) is 2. The first-order valence-electron chi connectivity index (χ1n) is 25.0. The number of nitrogens with two attached hydrogens (primary N) is 2. The van der Waals surface area contributed by atoms with E-state index in [-0.39, 0.29) is 74.5 Å². The van der Waals surface area contributed by atoms with Gasteiger partial charge in [-0.25, -0.2) is 4.79 Å². The molecule has 420 valence electrons. The van der Waals surface area contributed by atoms with Crippen LogP contribution in [0.4, 0.5) is 4.79 Å². The highest BCUT2D eigenvalue weighted by Crippen LogP contribution is 2.24. The number of phenols is 2. The summed E-state index contributed by atoms with van der Waals surface area (Å²) in [5.41, 5.74) is 12.8. The van der Waals surface area contributed by atoms with Crippen LogP contribution in [0.5, 0.6) is 11.5 Å². The van der Waals surface area contributed by atoms with Crippen molar-refractivity contribution in [1.29, 1.82) is 0 Å². The van der Waals surface area contributed by atoms with Gasteiger partial charge in [0.15, 0.2) is 0 Å². The number of amides is 10. The average Bonchev–Trinajstić information content (AvgIpc) is 3.38. The number of carbonyl (C=O) groups excluding carboxylic acids is 9. The average molecular weight is 1130 g/mol. The summed E-state index contributed by atoms with van der Waals surface area (Å²) in [6.45, 7) is 1.87. The van der Waals surface area contributed by atoms with Gasteiger partial charge in [0.05, 0.1) is 6.10 Å². The van der Waals surface area contributed by atoms with E-state index in [4.69, 9.17) is 23.1 Å². The number of rotatable bonds is 22. The summed E-state index contributed by atoms with van der Waals surface area (Å²) in [6.07, 6.45) is 0.0294. The molecule has 3 aromatic rings. The number of hydrogen-bond acceptors (Lipinski definition) is 15. The highest BCUT2D eigenvalue weighted by molar-refractivity contribution is 8.76. The summed E-state index contributed by atoms with van der Waals surface area (Å²) < 4.78 is 0. The molecule has 16 N–H and O–H groups in total. The molecule has 0 saturated carbocycles. The number of aliphatic hydroxyl groups is 1. The van der Waals surface area contributed by atoms with Gasteiger partial charge in [0, 0.05) is 42.3 Å². The lowest BCUT2D eigenvalue weighted by Crippen LogP contribution is -2.62. The van der Waals surface area contributed by atoms with E-state index in [2.05, 4.69) is 47.9 Å². The lowest BCUT2D eigenvalue weighted by molar-refractivity contribution is -0.136. The Morgan fingerprint density at radius 1 is 0.675 bits per heavy atom. The van der Waals surface area contributed by atoms with E-state index >= 15 is 0 Å². The van der Waals surface area contributed by atoms with Gasteiger partial charge in [-0.2, -0.15) is 0 Å². The summed E-state index contributed by atoms with van der Waals surface area (Å²) >= 11 is 6.06. The fraction of sp³-hybridized carbons (Fsp3) is 0.471. The molecule has 0 radical (unpaired) electrons. The van der Waals surface area contributed by atoms with Crippen LogP contribution < -0.4 is 59.3 Å². The van der Waals surface area contributed by atoms with Gasteiger partial charge in [-0.1, -0.05) is 82.4 Å². The van der Waals surface area contributed by atoms with Gasteiger partial charge in [-0.3, -0.25) is 38.4 Å². The fourth-order valence-electron chi connectivity index (χ4n) is 7.83. The second kappa shape index (κ2) is 32.7. The van der Waals surface area contributed by atoms with Crippen molar-refractivity contribution in [2.24, 2.45) is 11.5 Å². The predicted octanol–water partition coefficient (Wildman–Crippen LogP) is 0.0522. The zero-order valence-corrected chi connectivity index (χ0v) is 45.2. The number of aromatic hydroxyl groups is 2. The third-order valence-corrected chi connectivity index (χ3v) is 14.8. The maximum Gasteiger partial charge on any atom is 0.312 e. The molecule has 1 fully saturated rings. The lowest BCUT2D eigenvalue weighted by atomic mass is 10.0. The summed E-state index contributed by atoms with van der Waals surface area (Å²) in [4.78, 5) is 124. The van der Waals surface area contributed by atoms with Crippen molar-refractivity contribution >= 4 is 86.5 Å². The first-order chi connectivity index (χ1) is 36.7. The first-order valence-corrected chi connectivity index (χ1v) is 27.9. The molecule has 0 aromatic heterocycles. The molecule has 23 nitrogen and oxygen atoms in total. The molecule has 26 heteroatoms. The molecule has 8 atom stereocenters. The lowest BCUT2D eigenvalue weighted by Gasteiger charge is -2.29. The summed E-state index contributed by atoms with van der Waals surface area (Å²) in [5.74, 6) is -7.40. The summed E-state index contributed by atoms with van der Waals surface area (Å²) in [5, 5.41) is 55.3. The number of halogens is 1. The number of aliphatic hydroxyl groups excluding tert-OH is 1. The molecule has 1 aliphatic heterocycles. The minimum absolute atomic E-state index is 0.0150. The van der Waals surface area contributed by atoms with E-state index < -0.39 is 102 Å². The molecular formula is C51H70ClN11O12S2. The smallest absolute Gasteiger partial charge is 0.312 e. The number of hydrogen-bond donors (Lipinski definition) is 14. The summed E-state index contributed by atoms with van der Waals surface area (Å²) in [6, 6.07) is 7.53. The molecule has 1 unspecified atom stereocenters. The van der Waals surface area contributed by atoms with Gasteiger partial charge in [-0.15, -0.1) is 0 Å². The van der Waals surface area contributed by atoms with Crippen molar-refractivity contribution in [3.63, 3.8) is 0 Å². The van der Waals surface area contributed by atoms with Gasteiger partial charge in [-0.05, 0) is 106 Å². The number of phenolic OH excluding ortho intramolecular Hbond substituents is 2. The third-order valence-electron chi connectivity index (χ3n) is 12.2. The molecule has 0 spiro atoms. The van der Waals surface area contributed by atoms with Crippen LogP contribution in [-0.2, 0) is 57.6 Å². The van der Waals surface area contributed by atoms with E-state index in [9.17, 15) is 58.5 Å². The highest BCUT2D eigenvalue weighted by atomic mass is 35.5. The van der Waals surface area contributed by atoms with Gasteiger partial charge in [0.2, 0.25) is 47.3 Å². The molecule has 1 heterocycles. The minimum Gasteiger partial charge on any atom is -0.508 e. The number of nitrogens with one attached hydrogen (secondary N) is 9.